The Bertz CT molecular complexity index is 357. The summed E-state index contributed by atoms with van der Waals surface area (Å²) in [5.74, 6) is 0.382. The molecule has 1 heterocycles. The smallest absolute Gasteiger partial charge is 0.223 e. The van der Waals surface area contributed by atoms with Crippen molar-refractivity contribution in [1.82, 2.24) is 4.90 Å². The summed E-state index contributed by atoms with van der Waals surface area (Å²) in [6, 6.07) is 10.0. The first-order chi connectivity index (χ1) is 7.66. The molecule has 16 heavy (non-hydrogen) atoms. The van der Waals surface area contributed by atoms with E-state index in [-0.39, 0.29) is 17.9 Å². The summed E-state index contributed by atoms with van der Waals surface area (Å²) in [5.41, 5.74) is 1.19. The van der Waals surface area contributed by atoms with Crippen LogP contribution in [-0.4, -0.2) is 35.1 Å². The van der Waals surface area contributed by atoms with E-state index in [2.05, 4.69) is 6.92 Å². The monoisotopic (exact) mass is 219 g/mol. The fourth-order valence-electron chi connectivity index (χ4n) is 1.95. The Labute approximate surface area is 95.7 Å². The van der Waals surface area contributed by atoms with Crippen molar-refractivity contribution in [3.8, 4) is 0 Å². The Balaban J connectivity index is 1.88. The van der Waals surface area contributed by atoms with Crippen molar-refractivity contribution in [1.29, 1.82) is 0 Å². The summed E-state index contributed by atoms with van der Waals surface area (Å²) in [6.07, 6.45) is 0.215. The molecule has 1 amide bonds. The van der Waals surface area contributed by atoms with Crippen LogP contribution in [0.25, 0.3) is 0 Å². The Kier molecular flexibility index (Phi) is 3.25. The second-order valence-electron chi connectivity index (χ2n) is 4.47. The third-order valence-electron chi connectivity index (χ3n) is 3.06. The van der Waals surface area contributed by atoms with E-state index in [0.717, 1.165) is 0 Å². The quantitative estimate of drug-likeness (QED) is 0.834. The number of aliphatic hydroxyl groups is 1. The van der Waals surface area contributed by atoms with Crippen molar-refractivity contribution in [3.05, 3.63) is 35.9 Å². The topological polar surface area (TPSA) is 40.5 Å². The maximum atomic E-state index is 11.8. The van der Waals surface area contributed by atoms with Crippen LogP contribution >= 0.6 is 0 Å². The van der Waals surface area contributed by atoms with Crippen LogP contribution in [0.15, 0.2) is 30.3 Å². The summed E-state index contributed by atoms with van der Waals surface area (Å²) in [7, 11) is 0. The minimum Gasteiger partial charge on any atom is -0.389 e. The van der Waals surface area contributed by atoms with Crippen LogP contribution in [0.2, 0.25) is 0 Å². The number of benzene rings is 1. The molecule has 1 atom stereocenters. The predicted molar refractivity (Wildman–Crippen MR) is 62.1 cm³/mol. The van der Waals surface area contributed by atoms with E-state index in [9.17, 15) is 4.79 Å². The van der Waals surface area contributed by atoms with Gasteiger partial charge in [-0.25, -0.2) is 0 Å². The Morgan fingerprint density at radius 3 is 2.62 bits per heavy atom. The zero-order valence-electron chi connectivity index (χ0n) is 9.47. The van der Waals surface area contributed by atoms with Crippen LogP contribution < -0.4 is 0 Å². The van der Waals surface area contributed by atoms with Crippen molar-refractivity contribution in [2.75, 3.05) is 13.1 Å². The van der Waals surface area contributed by atoms with Crippen molar-refractivity contribution >= 4 is 5.91 Å². The van der Waals surface area contributed by atoms with Gasteiger partial charge in [0.25, 0.3) is 0 Å². The van der Waals surface area contributed by atoms with Crippen LogP contribution in [-0.2, 0) is 4.79 Å². The molecule has 0 saturated carbocycles. The molecular weight excluding hydrogens is 202 g/mol. The van der Waals surface area contributed by atoms with Gasteiger partial charge in [-0.1, -0.05) is 37.3 Å². The lowest BCUT2D eigenvalue weighted by molar-refractivity contribution is -0.141. The third-order valence-corrected chi connectivity index (χ3v) is 3.06. The predicted octanol–water partition coefficient (Wildman–Crippen LogP) is 1.38. The number of carbonyl (C=O) groups excluding carboxylic acids is 1. The maximum absolute atomic E-state index is 11.8. The largest absolute Gasteiger partial charge is 0.389 e. The van der Waals surface area contributed by atoms with Gasteiger partial charge in [0.2, 0.25) is 5.91 Å². The number of rotatable bonds is 3. The first-order valence-corrected chi connectivity index (χ1v) is 5.67. The average molecular weight is 219 g/mol. The SMILES string of the molecule is C[C@H](CC(=O)N1CC(O)C1)c1ccccc1. The third kappa shape index (κ3) is 2.42. The van der Waals surface area contributed by atoms with E-state index in [0.29, 0.717) is 19.5 Å². The van der Waals surface area contributed by atoms with Crippen LogP contribution in [0, 0.1) is 0 Å². The molecular formula is C13H17NO2. The highest BCUT2D eigenvalue weighted by Gasteiger charge is 2.29. The van der Waals surface area contributed by atoms with Gasteiger partial charge >= 0.3 is 0 Å². The minimum atomic E-state index is -0.309. The van der Waals surface area contributed by atoms with Crippen LogP contribution in [0.4, 0.5) is 0 Å². The van der Waals surface area contributed by atoms with Gasteiger partial charge < -0.3 is 10.0 Å². The molecule has 2 rings (SSSR count). The number of amides is 1. The molecule has 0 aliphatic carbocycles. The molecule has 1 aromatic carbocycles. The average Bonchev–Trinajstić information content (AvgIpc) is 2.26. The van der Waals surface area contributed by atoms with Gasteiger partial charge in [0.1, 0.15) is 0 Å². The van der Waals surface area contributed by atoms with Gasteiger partial charge in [-0.15, -0.1) is 0 Å². The standard InChI is InChI=1S/C13H17NO2/c1-10(11-5-3-2-4-6-11)7-13(16)14-8-12(15)9-14/h2-6,10,12,15H,7-9H2,1H3/t10-/m1/s1. The molecule has 1 fully saturated rings. The van der Waals surface area contributed by atoms with Gasteiger partial charge in [0, 0.05) is 19.5 Å². The lowest BCUT2D eigenvalue weighted by atomic mass is 9.96. The molecule has 1 saturated heterocycles. The Morgan fingerprint density at radius 1 is 1.44 bits per heavy atom. The summed E-state index contributed by atoms with van der Waals surface area (Å²) in [4.78, 5) is 13.5. The molecule has 0 aromatic heterocycles. The molecule has 1 aliphatic rings. The number of likely N-dealkylation sites (tertiary alicyclic amines) is 1. The van der Waals surface area contributed by atoms with Crippen molar-refractivity contribution in [3.63, 3.8) is 0 Å². The van der Waals surface area contributed by atoms with Gasteiger partial charge in [0.15, 0.2) is 0 Å². The molecule has 0 radical (unpaired) electrons. The number of hydrogen-bond donors (Lipinski definition) is 1. The highest BCUT2D eigenvalue weighted by molar-refractivity contribution is 5.78. The summed E-state index contributed by atoms with van der Waals surface area (Å²) in [5, 5.41) is 9.12. The minimum absolute atomic E-state index is 0.140. The molecule has 3 heteroatoms. The molecule has 3 nitrogen and oxygen atoms in total. The first kappa shape index (κ1) is 11.1. The molecule has 0 bridgehead atoms. The zero-order valence-corrected chi connectivity index (χ0v) is 9.47. The maximum Gasteiger partial charge on any atom is 0.223 e. The number of hydrogen-bond acceptors (Lipinski definition) is 2. The van der Waals surface area contributed by atoms with Crippen molar-refractivity contribution in [2.24, 2.45) is 0 Å². The second-order valence-corrected chi connectivity index (χ2v) is 4.47. The van der Waals surface area contributed by atoms with E-state index < -0.39 is 0 Å². The van der Waals surface area contributed by atoms with Gasteiger partial charge in [-0.05, 0) is 11.5 Å². The van der Waals surface area contributed by atoms with E-state index in [4.69, 9.17) is 5.11 Å². The number of aliphatic hydroxyl groups excluding tert-OH is 1. The molecule has 0 spiro atoms. The van der Waals surface area contributed by atoms with Crippen molar-refractivity contribution in [2.45, 2.75) is 25.4 Å². The zero-order chi connectivity index (χ0) is 11.5. The number of carbonyl (C=O) groups is 1. The summed E-state index contributed by atoms with van der Waals surface area (Å²) in [6.45, 7) is 3.06. The van der Waals surface area contributed by atoms with Gasteiger partial charge in [-0.3, -0.25) is 4.79 Å². The van der Waals surface area contributed by atoms with E-state index >= 15 is 0 Å². The van der Waals surface area contributed by atoms with E-state index in [1.807, 2.05) is 30.3 Å². The molecule has 1 aliphatic heterocycles. The van der Waals surface area contributed by atoms with Crippen LogP contribution in [0.1, 0.15) is 24.8 Å². The molecule has 1 aromatic rings. The second kappa shape index (κ2) is 4.66. The molecule has 0 unspecified atom stereocenters. The fraction of sp³-hybridized carbons (Fsp3) is 0.462. The summed E-state index contributed by atoms with van der Waals surface area (Å²) >= 11 is 0. The van der Waals surface area contributed by atoms with E-state index in [1.165, 1.54) is 5.56 Å². The lowest BCUT2D eigenvalue weighted by Gasteiger charge is -2.36. The summed E-state index contributed by atoms with van der Waals surface area (Å²) < 4.78 is 0. The number of β-amino-alcohol motifs (C(OH)–C–C–N with tert-alkyl or cyclic N) is 1. The normalized spacial score (nSPS) is 18.0. The van der Waals surface area contributed by atoms with E-state index in [1.54, 1.807) is 4.90 Å². The van der Waals surface area contributed by atoms with Crippen LogP contribution in [0.5, 0.6) is 0 Å². The Hall–Kier alpha value is -1.35. The van der Waals surface area contributed by atoms with Crippen LogP contribution in [0.3, 0.4) is 0 Å². The molecule has 1 N–H and O–H groups in total. The highest BCUT2D eigenvalue weighted by Crippen LogP contribution is 2.21. The van der Waals surface area contributed by atoms with Gasteiger partial charge in [-0.2, -0.15) is 0 Å². The Morgan fingerprint density at radius 2 is 2.06 bits per heavy atom. The fourth-order valence-corrected chi connectivity index (χ4v) is 1.95. The first-order valence-electron chi connectivity index (χ1n) is 5.67. The molecule has 86 valence electrons. The van der Waals surface area contributed by atoms with Crippen molar-refractivity contribution < 1.29 is 9.90 Å². The van der Waals surface area contributed by atoms with Gasteiger partial charge in [0.05, 0.1) is 6.10 Å². The lowest BCUT2D eigenvalue weighted by Crippen LogP contribution is -2.53. The highest BCUT2D eigenvalue weighted by atomic mass is 16.3. The number of nitrogens with zero attached hydrogens (tertiary/aromatic N) is 1.